The van der Waals surface area contributed by atoms with Crippen LogP contribution in [0.2, 0.25) is 0 Å². The summed E-state index contributed by atoms with van der Waals surface area (Å²) >= 11 is 0. The molecule has 0 unspecified atom stereocenters. The Labute approximate surface area is 174 Å². The molecule has 0 radical (unpaired) electrons. The zero-order chi connectivity index (χ0) is 21.3. The Kier molecular flexibility index (Phi) is 6.89. The first kappa shape index (κ1) is 20.7. The molecular formula is C23H23N5O2. The number of benzene rings is 1. The molecule has 0 atom stereocenters. The van der Waals surface area contributed by atoms with Crippen LogP contribution >= 0.6 is 0 Å². The summed E-state index contributed by atoms with van der Waals surface area (Å²) in [6.45, 7) is 4.33. The van der Waals surface area contributed by atoms with Gasteiger partial charge in [0.1, 0.15) is 0 Å². The van der Waals surface area contributed by atoms with E-state index in [-0.39, 0.29) is 11.8 Å². The summed E-state index contributed by atoms with van der Waals surface area (Å²) in [6, 6.07) is 12.7. The van der Waals surface area contributed by atoms with Crippen LogP contribution in [0.4, 0.5) is 0 Å². The number of nitrogens with zero attached hydrogens (tertiary/aromatic N) is 3. The van der Waals surface area contributed by atoms with E-state index < -0.39 is 0 Å². The number of hydrogen-bond acceptors (Lipinski definition) is 4. The van der Waals surface area contributed by atoms with E-state index in [9.17, 15) is 9.59 Å². The summed E-state index contributed by atoms with van der Waals surface area (Å²) in [5.74, 6) is -0.393. The van der Waals surface area contributed by atoms with Crippen molar-refractivity contribution in [2.45, 2.75) is 6.54 Å². The van der Waals surface area contributed by atoms with Gasteiger partial charge in [-0.25, -0.2) is 4.52 Å². The molecule has 0 saturated heterocycles. The second-order valence-corrected chi connectivity index (χ2v) is 6.52. The highest BCUT2D eigenvalue weighted by Gasteiger charge is 2.13. The number of rotatable bonds is 8. The van der Waals surface area contributed by atoms with Crippen molar-refractivity contribution in [2.75, 3.05) is 13.6 Å². The van der Waals surface area contributed by atoms with E-state index in [1.54, 1.807) is 48.3 Å². The summed E-state index contributed by atoms with van der Waals surface area (Å²) < 4.78 is 1.63. The number of carbonyl (C=O) groups excluding carboxylic acids is 2. The molecule has 2 aromatic heterocycles. The van der Waals surface area contributed by atoms with E-state index in [1.807, 2.05) is 30.3 Å². The van der Waals surface area contributed by atoms with Crippen LogP contribution in [0.25, 0.3) is 5.52 Å². The molecule has 0 bridgehead atoms. The molecule has 0 saturated carbocycles. The summed E-state index contributed by atoms with van der Waals surface area (Å²) in [4.78, 5) is 28.9. The zero-order valence-electron chi connectivity index (χ0n) is 16.7. The van der Waals surface area contributed by atoms with Crippen molar-refractivity contribution in [3.8, 4) is 0 Å². The highest BCUT2D eigenvalue weighted by Crippen LogP contribution is 2.13. The number of nitrogens with one attached hydrogen (secondary N) is 2. The van der Waals surface area contributed by atoms with Gasteiger partial charge in [0.2, 0.25) is 0 Å². The maximum atomic E-state index is 12.7. The maximum Gasteiger partial charge on any atom is 0.255 e. The summed E-state index contributed by atoms with van der Waals surface area (Å²) in [7, 11) is 1.67. The Morgan fingerprint density at radius 3 is 2.70 bits per heavy atom. The fourth-order valence-corrected chi connectivity index (χ4v) is 2.93. The quantitative estimate of drug-likeness (QED) is 0.449. The van der Waals surface area contributed by atoms with Gasteiger partial charge in [-0.2, -0.15) is 5.10 Å². The molecule has 1 aromatic carbocycles. The first-order valence-corrected chi connectivity index (χ1v) is 9.44. The third kappa shape index (κ3) is 5.08. The number of amides is 2. The molecule has 7 nitrogen and oxygen atoms in total. The van der Waals surface area contributed by atoms with Crippen molar-refractivity contribution in [1.29, 1.82) is 0 Å². The van der Waals surface area contributed by atoms with Gasteiger partial charge in [0.25, 0.3) is 11.8 Å². The smallest absolute Gasteiger partial charge is 0.255 e. The molecule has 7 heteroatoms. The average Bonchev–Trinajstić information content (AvgIpc) is 3.20. The van der Waals surface area contributed by atoms with Crippen molar-refractivity contribution >= 4 is 23.5 Å². The van der Waals surface area contributed by atoms with Gasteiger partial charge in [0.05, 0.1) is 17.3 Å². The van der Waals surface area contributed by atoms with Crippen LogP contribution in [-0.4, -0.2) is 41.2 Å². The van der Waals surface area contributed by atoms with Crippen LogP contribution in [0.15, 0.2) is 84.2 Å². The monoisotopic (exact) mass is 401 g/mol. The lowest BCUT2D eigenvalue weighted by Crippen LogP contribution is -2.26. The minimum Gasteiger partial charge on any atom is -0.348 e. The maximum absolute atomic E-state index is 12.7. The molecule has 0 aliphatic rings. The van der Waals surface area contributed by atoms with Crippen molar-refractivity contribution in [3.63, 3.8) is 0 Å². The standard InChI is InChI=1S/C23H23N5O2/c1-3-7-18(13-24-2)15-26-23(30)20-16-27-28-11-10-17(12-21(20)28)14-25-22(29)19-8-5-4-6-9-19/h3-13,16H,1,14-15H2,2H3,(H,25,29)(H,26,30)/b18-7+,24-13?. The van der Waals surface area contributed by atoms with Crippen molar-refractivity contribution in [1.82, 2.24) is 20.2 Å². The molecule has 30 heavy (non-hydrogen) atoms. The Bertz CT molecular complexity index is 1110. The fraction of sp³-hybridized carbons (Fsp3) is 0.130. The van der Waals surface area contributed by atoms with Gasteiger partial charge in [-0.1, -0.05) is 36.9 Å². The number of carbonyl (C=O) groups is 2. The molecule has 2 amide bonds. The van der Waals surface area contributed by atoms with Crippen molar-refractivity contribution in [2.24, 2.45) is 4.99 Å². The molecule has 0 aliphatic heterocycles. The van der Waals surface area contributed by atoms with E-state index in [0.717, 1.165) is 11.1 Å². The molecule has 3 rings (SSSR count). The predicted octanol–water partition coefficient (Wildman–Crippen LogP) is 2.81. The normalized spacial score (nSPS) is 11.6. The van der Waals surface area contributed by atoms with E-state index >= 15 is 0 Å². The predicted molar refractivity (Wildman–Crippen MR) is 118 cm³/mol. The molecule has 2 N–H and O–H groups in total. The number of pyridine rings is 1. The summed E-state index contributed by atoms with van der Waals surface area (Å²) in [5, 5.41) is 9.99. The molecule has 0 aliphatic carbocycles. The average molecular weight is 401 g/mol. The molecule has 0 spiro atoms. The van der Waals surface area contributed by atoms with Crippen LogP contribution in [0.1, 0.15) is 26.3 Å². The first-order chi connectivity index (χ1) is 14.6. The highest BCUT2D eigenvalue weighted by molar-refractivity contribution is 6.01. The first-order valence-electron chi connectivity index (χ1n) is 9.44. The Hall–Kier alpha value is -4.00. The Morgan fingerprint density at radius 2 is 1.97 bits per heavy atom. The largest absolute Gasteiger partial charge is 0.348 e. The number of aromatic nitrogens is 2. The molecular weight excluding hydrogens is 378 g/mol. The zero-order valence-corrected chi connectivity index (χ0v) is 16.7. The minimum atomic E-state index is -0.241. The van der Waals surface area contributed by atoms with Crippen LogP contribution in [0.5, 0.6) is 0 Å². The van der Waals surface area contributed by atoms with Crippen molar-refractivity contribution in [3.05, 3.63) is 95.9 Å². The van der Waals surface area contributed by atoms with Gasteiger partial charge in [-0.05, 0) is 35.4 Å². The third-order valence-electron chi connectivity index (χ3n) is 4.40. The molecule has 152 valence electrons. The lowest BCUT2D eigenvalue weighted by Gasteiger charge is -2.07. The fourth-order valence-electron chi connectivity index (χ4n) is 2.93. The Balaban J connectivity index is 1.71. The van der Waals surface area contributed by atoms with Gasteiger partial charge < -0.3 is 10.6 Å². The lowest BCUT2D eigenvalue weighted by atomic mass is 10.1. The number of allylic oxidation sites excluding steroid dienone is 2. The van der Waals surface area contributed by atoms with Gasteiger partial charge in [0, 0.05) is 38.1 Å². The number of hydrogen-bond donors (Lipinski definition) is 2. The van der Waals surface area contributed by atoms with Crippen LogP contribution in [0.3, 0.4) is 0 Å². The second kappa shape index (κ2) is 9.97. The van der Waals surface area contributed by atoms with Crippen LogP contribution < -0.4 is 10.6 Å². The number of fused-ring (bicyclic) bond motifs is 1. The third-order valence-corrected chi connectivity index (χ3v) is 4.40. The van der Waals surface area contributed by atoms with Crippen LogP contribution in [-0.2, 0) is 6.54 Å². The van der Waals surface area contributed by atoms with E-state index in [4.69, 9.17) is 0 Å². The van der Waals surface area contributed by atoms with Gasteiger partial charge in [-0.15, -0.1) is 0 Å². The summed E-state index contributed by atoms with van der Waals surface area (Å²) in [5.41, 5.74) is 3.42. The van der Waals surface area contributed by atoms with Gasteiger partial charge >= 0.3 is 0 Å². The summed E-state index contributed by atoms with van der Waals surface area (Å²) in [6.07, 6.45) is 8.40. The van der Waals surface area contributed by atoms with Gasteiger partial charge in [-0.3, -0.25) is 14.6 Å². The highest BCUT2D eigenvalue weighted by atomic mass is 16.2. The molecule has 2 heterocycles. The van der Waals surface area contributed by atoms with E-state index in [0.29, 0.717) is 29.7 Å². The van der Waals surface area contributed by atoms with Crippen LogP contribution in [0, 0.1) is 0 Å². The van der Waals surface area contributed by atoms with E-state index in [2.05, 4.69) is 27.3 Å². The van der Waals surface area contributed by atoms with Gasteiger partial charge in [0.15, 0.2) is 0 Å². The Morgan fingerprint density at radius 1 is 1.17 bits per heavy atom. The van der Waals surface area contributed by atoms with Crippen molar-refractivity contribution < 1.29 is 9.59 Å². The topological polar surface area (TPSA) is 87.9 Å². The lowest BCUT2D eigenvalue weighted by molar-refractivity contribution is 0.0945. The molecule has 0 fully saturated rings. The number of aliphatic imine (C=N–C) groups is 1. The molecule has 3 aromatic rings. The SMILES string of the molecule is C=C/C=C(\C=NC)CNC(=O)c1cnn2ccc(CNC(=O)c3ccccc3)cc12. The minimum absolute atomic E-state index is 0.152. The second-order valence-electron chi connectivity index (χ2n) is 6.52. The van der Waals surface area contributed by atoms with E-state index in [1.165, 1.54) is 6.20 Å².